The lowest BCUT2D eigenvalue weighted by Crippen LogP contribution is -2.58. The molecule has 1 N–H and O–H groups in total. The SMILES string of the molecule is CC(C)C(NC(=O)Cc1cccc2ccccc12)C(=O)N1CCN(C(=O)C2CCCO2)CC1. The predicted octanol–water partition coefficient (Wildman–Crippen LogP) is 2.37. The lowest BCUT2D eigenvalue weighted by atomic mass is 9.99. The summed E-state index contributed by atoms with van der Waals surface area (Å²) in [4.78, 5) is 42.3. The minimum Gasteiger partial charge on any atom is -0.368 e. The molecule has 2 heterocycles. The van der Waals surface area contributed by atoms with Crippen LogP contribution in [0.4, 0.5) is 0 Å². The minimum absolute atomic E-state index is 0.0309. The molecule has 3 amide bonds. The van der Waals surface area contributed by atoms with Gasteiger partial charge in [0, 0.05) is 32.8 Å². The van der Waals surface area contributed by atoms with Gasteiger partial charge in [-0.2, -0.15) is 0 Å². The summed E-state index contributed by atoms with van der Waals surface area (Å²) in [5.41, 5.74) is 0.946. The molecular weight excluding hydrogens is 418 g/mol. The highest BCUT2D eigenvalue weighted by Crippen LogP contribution is 2.20. The smallest absolute Gasteiger partial charge is 0.251 e. The summed E-state index contributed by atoms with van der Waals surface area (Å²) in [6.07, 6.45) is 1.59. The summed E-state index contributed by atoms with van der Waals surface area (Å²) in [6, 6.07) is 13.3. The monoisotopic (exact) mass is 451 g/mol. The van der Waals surface area contributed by atoms with E-state index in [-0.39, 0.29) is 36.2 Å². The first-order chi connectivity index (χ1) is 15.9. The van der Waals surface area contributed by atoms with E-state index in [1.165, 1.54) is 0 Å². The molecule has 2 atom stereocenters. The molecule has 0 aromatic heterocycles. The predicted molar refractivity (Wildman–Crippen MR) is 127 cm³/mol. The van der Waals surface area contributed by atoms with Crippen molar-refractivity contribution in [2.24, 2.45) is 5.92 Å². The van der Waals surface area contributed by atoms with Crippen molar-refractivity contribution in [3.63, 3.8) is 0 Å². The Labute approximate surface area is 195 Å². The van der Waals surface area contributed by atoms with Crippen LogP contribution < -0.4 is 5.32 Å². The number of fused-ring (bicyclic) bond motifs is 1. The zero-order valence-corrected chi connectivity index (χ0v) is 19.5. The van der Waals surface area contributed by atoms with Gasteiger partial charge in [0.05, 0.1) is 6.42 Å². The molecule has 2 aromatic rings. The number of benzene rings is 2. The number of carbonyl (C=O) groups excluding carboxylic acids is 3. The van der Waals surface area contributed by atoms with Gasteiger partial charge in [0.1, 0.15) is 12.1 Å². The number of hydrogen-bond donors (Lipinski definition) is 1. The van der Waals surface area contributed by atoms with Crippen LogP contribution in [0.1, 0.15) is 32.3 Å². The Morgan fingerprint density at radius 1 is 1.00 bits per heavy atom. The number of nitrogens with one attached hydrogen (secondary N) is 1. The van der Waals surface area contributed by atoms with Gasteiger partial charge >= 0.3 is 0 Å². The van der Waals surface area contributed by atoms with Crippen molar-refractivity contribution in [2.75, 3.05) is 32.8 Å². The molecule has 0 aliphatic carbocycles. The largest absolute Gasteiger partial charge is 0.368 e. The zero-order chi connectivity index (χ0) is 23.4. The molecule has 2 saturated heterocycles. The summed E-state index contributed by atoms with van der Waals surface area (Å²) >= 11 is 0. The van der Waals surface area contributed by atoms with Crippen LogP contribution >= 0.6 is 0 Å². The standard InChI is InChI=1S/C26H33N3O4/c1-18(2)24(27-23(30)17-20-9-5-8-19-7-3-4-10-21(19)20)26(32)29-14-12-28(13-15-29)25(31)22-11-6-16-33-22/h3-5,7-10,18,22,24H,6,11-17H2,1-2H3,(H,27,30). The van der Waals surface area contributed by atoms with Gasteiger partial charge in [-0.15, -0.1) is 0 Å². The van der Waals surface area contributed by atoms with E-state index in [0.717, 1.165) is 29.2 Å². The number of hydrogen-bond acceptors (Lipinski definition) is 4. The van der Waals surface area contributed by atoms with Crippen LogP contribution in [0.25, 0.3) is 10.8 Å². The molecule has 176 valence electrons. The second-order valence-electron chi connectivity index (χ2n) is 9.26. The first-order valence-corrected chi connectivity index (χ1v) is 11.9. The van der Waals surface area contributed by atoms with Crippen molar-refractivity contribution in [1.29, 1.82) is 0 Å². The van der Waals surface area contributed by atoms with E-state index in [1.54, 1.807) is 9.80 Å². The number of rotatable bonds is 6. The Bertz CT molecular complexity index is 1000. The normalized spacial score (nSPS) is 19.7. The van der Waals surface area contributed by atoms with Crippen molar-refractivity contribution in [2.45, 2.75) is 45.3 Å². The molecule has 7 heteroatoms. The Morgan fingerprint density at radius 3 is 2.39 bits per heavy atom. The molecule has 33 heavy (non-hydrogen) atoms. The van der Waals surface area contributed by atoms with Gasteiger partial charge in [-0.05, 0) is 35.1 Å². The quantitative estimate of drug-likeness (QED) is 0.732. The lowest BCUT2D eigenvalue weighted by Gasteiger charge is -2.38. The highest BCUT2D eigenvalue weighted by atomic mass is 16.5. The van der Waals surface area contributed by atoms with Crippen molar-refractivity contribution < 1.29 is 19.1 Å². The van der Waals surface area contributed by atoms with Crippen molar-refractivity contribution in [3.8, 4) is 0 Å². The highest BCUT2D eigenvalue weighted by molar-refractivity contribution is 5.92. The van der Waals surface area contributed by atoms with E-state index in [9.17, 15) is 14.4 Å². The second kappa shape index (κ2) is 10.3. The molecule has 0 saturated carbocycles. The van der Waals surface area contributed by atoms with E-state index < -0.39 is 6.04 Å². The minimum atomic E-state index is -0.590. The van der Waals surface area contributed by atoms with Gasteiger partial charge in [-0.1, -0.05) is 56.3 Å². The van der Waals surface area contributed by atoms with Gasteiger partial charge in [0.25, 0.3) is 5.91 Å². The number of ether oxygens (including phenoxy) is 1. The molecule has 2 aliphatic heterocycles. The van der Waals surface area contributed by atoms with Crippen molar-refractivity contribution >= 4 is 28.5 Å². The fourth-order valence-corrected chi connectivity index (χ4v) is 4.68. The Balaban J connectivity index is 1.35. The summed E-state index contributed by atoms with van der Waals surface area (Å²) in [7, 11) is 0. The van der Waals surface area contributed by atoms with E-state index in [0.29, 0.717) is 32.8 Å². The fourth-order valence-electron chi connectivity index (χ4n) is 4.68. The highest BCUT2D eigenvalue weighted by Gasteiger charge is 2.34. The molecule has 0 radical (unpaired) electrons. The van der Waals surface area contributed by atoms with Crippen LogP contribution in [-0.4, -0.2) is 72.5 Å². The van der Waals surface area contributed by atoms with Gasteiger partial charge in [-0.25, -0.2) is 0 Å². The third-order valence-electron chi connectivity index (χ3n) is 6.59. The van der Waals surface area contributed by atoms with Gasteiger partial charge < -0.3 is 19.9 Å². The van der Waals surface area contributed by atoms with Crippen molar-refractivity contribution in [3.05, 3.63) is 48.0 Å². The topological polar surface area (TPSA) is 79.0 Å². The summed E-state index contributed by atoms with van der Waals surface area (Å²) in [6.45, 7) is 6.47. The maximum atomic E-state index is 13.3. The van der Waals surface area contributed by atoms with Gasteiger partial charge in [0.15, 0.2) is 0 Å². The fraction of sp³-hybridized carbons (Fsp3) is 0.500. The maximum absolute atomic E-state index is 13.3. The third-order valence-corrected chi connectivity index (χ3v) is 6.59. The number of piperazine rings is 1. The molecule has 2 aromatic carbocycles. The lowest BCUT2D eigenvalue weighted by molar-refractivity contribution is -0.147. The third kappa shape index (κ3) is 5.36. The molecule has 2 unspecified atom stereocenters. The van der Waals surface area contributed by atoms with Gasteiger partial charge in [0.2, 0.25) is 11.8 Å². The molecule has 2 fully saturated rings. The zero-order valence-electron chi connectivity index (χ0n) is 19.5. The van der Waals surface area contributed by atoms with Crippen LogP contribution in [0.3, 0.4) is 0 Å². The van der Waals surface area contributed by atoms with E-state index in [4.69, 9.17) is 4.74 Å². The van der Waals surface area contributed by atoms with E-state index in [2.05, 4.69) is 5.32 Å². The van der Waals surface area contributed by atoms with Crippen LogP contribution in [0.5, 0.6) is 0 Å². The van der Waals surface area contributed by atoms with Gasteiger partial charge in [-0.3, -0.25) is 14.4 Å². The molecule has 7 nitrogen and oxygen atoms in total. The number of nitrogens with zero attached hydrogens (tertiary/aromatic N) is 2. The molecule has 2 aliphatic rings. The van der Waals surface area contributed by atoms with E-state index in [1.807, 2.05) is 56.3 Å². The van der Waals surface area contributed by atoms with Crippen LogP contribution in [-0.2, 0) is 25.5 Å². The van der Waals surface area contributed by atoms with Crippen LogP contribution in [0, 0.1) is 5.92 Å². The number of carbonyl (C=O) groups is 3. The molecule has 4 rings (SSSR count). The Morgan fingerprint density at radius 2 is 1.70 bits per heavy atom. The van der Waals surface area contributed by atoms with E-state index >= 15 is 0 Å². The summed E-state index contributed by atoms with van der Waals surface area (Å²) < 4.78 is 5.51. The average Bonchev–Trinajstić information content (AvgIpc) is 3.37. The number of amides is 3. The second-order valence-corrected chi connectivity index (χ2v) is 9.26. The maximum Gasteiger partial charge on any atom is 0.251 e. The van der Waals surface area contributed by atoms with Crippen LogP contribution in [0.2, 0.25) is 0 Å². The Hall–Kier alpha value is -2.93. The summed E-state index contributed by atoms with van der Waals surface area (Å²) in [5, 5.41) is 5.12. The molecular formula is C26H33N3O4. The first-order valence-electron chi connectivity index (χ1n) is 11.9. The molecule has 0 bridgehead atoms. The van der Waals surface area contributed by atoms with Crippen LogP contribution in [0.15, 0.2) is 42.5 Å². The summed E-state index contributed by atoms with van der Waals surface area (Å²) in [5.74, 6) is -0.255. The van der Waals surface area contributed by atoms with Crippen molar-refractivity contribution in [1.82, 2.24) is 15.1 Å². The Kier molecular flexibility index (Phi) is 7.28. The first kappa shape index (κ1) is 23.2. The average molecular weight is 452 g/mol. The molecule has 0 spiro atoms.